The van der Waals surface area contributed by atoms with Crippen molar-refractivity contribution in [2.45, 2.75) is 82.5 Å². The number of hydrogen-bond donors (Lipinski definition) is 6. The molecule has 11 nitrogen and oxygen atoms in total. The van der Waals surface area contributed by atoms with E-state index in [0.29, 0.717) is 38.6 Å². The third-order valence-corrected chi connectivity index (χ3v) is 6.93. The van der Waals surface area contributed by atoms with Crippen molar-refractivity contribution in [1.82, 2.24) is 15.5 Å². The summed E-state index contributed by atoms with van der Waals surface area (Å²) in [4.78, 5) is 52.6. The van der Waals surface area contributed by atoms with E-state index in [-0.39, 0.29) is 37.8 Å². The van der Waals surface area contributed by atoms with Gasteiger partial charge in [-0.25, -0.2) is 0 Å². The monoisotopic (exact) mass is 532 g/mol. The predicted molar refractivity (Wildman–Crippen MR) is 145 cm³/mol. The van der Waals surface area contributed by atoms with Crippen LogP contribution >= 0.6 is 0 Å². The quantitative estimate of drug-likeness (QED) is 0.182. The molecule has 1 aliphatic rings. The maximum Gasteiger partial charge on any atom is 0.323 e. The highest BCUT2D eigenvalue weighted by Crippen LogP contribution is 2.21. The van der Waals surface area contributed by atoms with Gasteiger partial charge in [0.15, 0.2) is 0 Å². The average molecular weight is 533 g/mol. The topological polar surface area (TPSA) is 194 Å². The van der Waals surface area contributed by atoms with Crippen LogP contribution in [0.3, 0.4) is 0 Å². The van der Waals surface area contributed by atoms with Crippen LogP contribution in [0.15, 0.2) is 30.3 Å². The normalized spacial score (nSPS) is 17.4. The minimum Gasteiger partial charge on any atom is -0.480 e. The second kappa shape index (κ2) is 14.8. The predicted octanol–water partition coefficient (Wildman–Crippen LogP) is 0.106. The Labute approximate surface area is 224 Å². The Bertz CT molecular complexity index is 933. The van der Waals surface area contributed by atoms with Crippen LogP contribution in [-0.2, 0) is 25.6 Å². The van der Waals surface area contributed by atoms with Crippen LogP contribution in [0.5, 0.6) is 0 Å². The van der Waals surface area contributed by atoms with Gasteiger partial charge in [0.05, 0.1) is 6.04 Å². The number of rotatable bonds is 14. The molecule has 3 atom stereocenters. The lowest BCUT2D eigenvalue weighted by Crippen LogP contribution is -2.60. The van der Waals surface area contributed by atoms with E-state index in [2.05, 4.69) is 10.6 Å². The van der Waals surface area contributed by atoms with E-state index < -0.39 is 41.4 Å². The molecule has 212 valence electrons. The lowest BCUT2D eigenvalue weighted by molar-refractivity contribution is -0.148. The third kappa shape index (κ3) is 9.38. The number of piperidine rings is 1. The summed E-state index contributed by atoms with van der Waals surface area (Å²) in [5.41, 5.74) is 17.3. The van der Waals surface area contributed by atoms with E-state index in [1.807, 2.05) is 44.2 Å². The van der Waals surface area contributed by atoms with Gasteiger partial charge in [0, 0.05) is 13.1 Å². The maximum absolute atomic E-state index is 13.4. The Hall–Kier alpha value is -3.02. The standard InChI is InChI=1S/C27H44N6O5/c1-18(2)16-22(32-23(34)20(29)17-19-8-4-3-5-9-19)24(35)31-21(10-6-7-13-28)25(36)33-14-11-27(30,12-15-33)26(37)38/h3-5,8-9,18,20-22H,6-7,10-17,28-30H2,1-2H3,(H,31,35)(H,32,34)(H,37,38). The molecule has 0 saturated carbocycles. The fraction of sp³-hybridized carbons (Fsp3) is 0.630. The van der Waals surface area contributed by atoms with Gasteiger partial charge in [0.2, 0.25) is 17.7 Å². The molecule has 0 aromatic heterocycles. The van der Waals surface area contributed by atoms with E-state index in [1.165, 1.54) is 0 Å². The largest absolute Gasteiger partial charge is 0.480 e. The second-order valence-corrected chi connectivity index (χ2v) is 10.6. The minimum absolute atomic E-state index is 0.0959. The smallest absolute Gasteiger partial charge is 0.323 e. The van der Waals surface area contributed by atoms with Crippen molar-refractivity contribution in [2.75, 3.05) is 19.6 Å². The number of nitrogens with zero attached hydrogens (tertiary/aromatic N) is 1. The maximum atomic E-state index is 13.4. The first-order chi connectivity index (χ1) is 18.0. The first kappa shape index (κ1) is 31.2. The van der Waals surface area contributed by atoms with Crippen molar-refractivity contribution in [3.8, 4) is 0 Å². The number of carboxylic acids is 1. The molecular weight excluding hydrogens is 488 g/mol. The minimum atomic E-state index is -1.36. The Morgan fingerprint density at radius 1 is 1.00 bits per heavy atom. The van der Waals surface area contributed by atoms with E-state index in [4.69, 9.17) is 17.2 Å². The van der Waals surface area contributed by atoms with Crippen LogP contribution in [0.25, 0.3) is 0 Å². The van der Waals surface area contributed by atoms with Gasteiger partial charge in [-0.05, 0) is 63.0 Å². The number of aliphatic carboxylic acids is 1. The zero-order chi connectivity index (χ0) is 28.3. The fourth-order valence-electron chi connectivity index (χ4n) is 4.53. The summed E-state index contributed by atoms with van der Waals surface area (Å²) in [5, 5.41) is 15.0. The van der Waals surface area contributed by atoms with Gasteiger partial charge < -0.3 is 37.8 Å². The third-order valence-electron chi connectivity index (χ3n) is 6.93. The van der Waals surface area contributed by atoms with Crippen LogP contribution in [0.4, 0.5) is 0 Å². The molecular formula is C27H44N6O5. The summed E-state index contributed by atoms with van der Waals surface area (Å²) in [6.07, 6.45) is 2.64. The molecule has 0 aliphatic carbocycles. The van der Waals surface area contributed by atoms with Gasteiger partial charge in [-0.2, -0.15) is 0 Å². The van der Waals surface area contributed by atoms with Crippen LogP contribution in [0.2, 0.25) is 0 Å². The molecule has 1 fully saturated rings. The molecule has 9 N–H and O–H groups in total. The molecule has 1 saturated heterocycles. The summed E-state index contributed by atoms with van der Waals surface area (Å²) in [5.74, 6) is -2.18. The highest BCUT2D eigenvalue weighted by molar-refractivity contribution is 5.93. The number of unbranched alkanes of at least 4 members (excludes halogenated alkanes) is 1. The van der Waals surface area contributed by atoms with Crippen LogP contribution in [0.1, 0.15) is 57.9 Å². The number of carbonyl (C=O) groups excluding carboxylic acids is 3. The van der Waals surface area contributed by atoms with Crippen molar-refractivity contribution >= 4 is 23.7 Å². The molecule has 11 heteroatoms. The van der Waals surface area contributed by atoms with E-state index in [0.717, 1.165) is 5.56 Å². The molecule has 1 aromatic carbocycles. The molecule has 1 aromatic rings. The fourth-order valence-corrected chi connectivity index (χ4v) is 4.53. The Morgan fingerprint density at radius 3 is 2.16 bits per heavy atom. The first-order valence-corrected chi connectivity index (χ1v) is 13.4. The highest BCUT2D eigenvalue weighted by Gasteiger charge is 2.40. The van der Waals surface area contributed by atoms with Gasteiger partial charge in [0.1, 0.15) is 17.6 Å². The molecule has 3 amide bonds. The number of carboxylic acid groups (broad SMARTS) is 1. The Morgan fingerprint density at radius 2 is 1.61 bits per heavy atom. The zero-order valence-electron chi connectivity index (χ0n) is 22.5. The number of hydrogen-bond acceptors (Lipinski definition) is 7. The summed E-state index contributed by atoms with van der Waals surface area (Å²) in [6.45, 7) is 4.71. The number of amides is 3. The van der Waals surface area contributed by atoms with Gasteiger partial charge >= 0.3 is 5.97 Å². The van der Waals surface area contributed by atoms with Crippen molar-refractivity contribution in [3.05, 3.63) is 35.9 Å². The molecule has 0 bridgehead atoms. The van der Waals surface area contributed by atoms with Crippen LogP contribution < -0.4 is 27.8 Å². The SMILES string of the molecule is CC(C)CC(NC(=O)C(N)Cc1ccccc1)C(=O)NC(CCCCN)C(=O)N1CCC(N)(C(=O)O)CC1. The van der Waals surface area contributed by atoms with Gasteiger partial charge in [-0.1, -0.05) is 44.2 Å². The molecule has 38 heavy (non-hydrogen) atoms. The molecule has 1 aliphatic heterocycles. The van der Waals surface area contributed by atoms with Crippen molar-refractivity contribution in [1.29, 1.82) is 0 Å². The summed E-state index contributed by atoms with van der Waals surface area (Å²) >= 11 is 0. The summed E-state index contributed by atoms with van der Waals surface area (Å²) in [7, 11) is 0. The van der Waals surface area contributed by atoms with Gasteiger partial charge in [-0.15, -0.1) is 0 Å². The Kier molecular flexibility index (Phi) is 12.1. The van der Waals surface area contributed by atoms with Gasteiger partial charge in [-0.3, -0.25) is 19.2 Å². The molecule has 1 heterocycles. The van der Waals surface area contributed by atoms with Crippen molar-refractivity contribution in [2.24, 2.45) is 23.1 Å². The molecule has 0 radical (unpaired) electrons. The van der Waals surface area contributed by atoms with E-state index in [9.17, 15) is 24.3 Å². The number of nitrogens with two attached hydrogens (primary N) is 3. The molecule has 3 unspecified atom stereocenters. The van der Waals surface area contributed by atoms with Gasteiger partial charge in [0.25, 0.3) is 0 Å². The first-order valence-electron chi connectivity index (χ1n) is 13.4. The number of nitrogens with one attached hydrogen (secondary N) is 2. The number of likely N-dealkylation sites (tertiary alicyclic amines) is 1. The van der Waals surface area contributed by atoms with E-state index in [1.54, 1.807) is 4.90 Å². The molecule has 2 rings (SSSR count). The molecule has 0 spiro atoms. The second-order valence-electron chi connectivity index (χ2n) is 10.6. The average Bonchev–Trinajstić information content (AvgIpc) is 2.88. The Balaban J connectivity index is 2.09. The van der Waals surface area contributed by atoms with Crippen molar-refractivity contribution < 1.29 is 24.3 Å². The van der Waals surface area contributed by atoms with Crippen molar-refractivity contribution in [3.63, 3.8) is 0 Å². The number of carbonyl (C=O) groups is 4. The lowest BCUT2D eigenvalue weighted by Gasteiger charge is -2.38. The number of benzene rings is 1. The van der Waals surface area contributed by atoms with Crippen LogP contribution in [-0.4, -0.2) is 77.0 Å². The summed E-state index contributed by atoms with van der Waals surface area (Å²) in [6, 6.07) is 6.87. The summed E-state index contributed by atoms with van der Waals surface area (Å²) < 4.78 is 0. The zero-order valence-corrected chi connectivity index (χ0v) is 22.5. The van der Waals surface area contributed by atoms with E-state index >= 15 is 0 Å². The highest BCUT2D eigenvalue weighted by atomic mass is 16.4. The van der Waals surface area contributed by atoms with Crippen LogP contribution in [0, 0.1) is 5.92 Å². The lowest BCUT2D eigenvalue weighted by atomic mass is 9.88.